The molecule has 98 valence electrons. The molecule has 2 heterocycles. The van der Waals surface area contributed by atoms with E-state index < -0.39 is 5.91 Å². The van der Waals surface area contributed by atoms with Crippen LogP contribution < -0.4 is 16.4 Å². The number of nitrogens with one attached hydrogen (secondary N) is 2. The van der Waals surface area contributed by atoms with E-state index in [0.29, 0.717) is 11.4 Å². The van der Waals surface area contributed by atoms with Gasteiger partial charge in [-0.1, -0.05) is 0 Å². The Morgan fingerprint density at radius 1 is 1.67 bits per heavy atom. The summed E-state index contributed by atoms with van der Waals surface area (Å²) < 4.78 is 0. The molecule has 4 N–H and O–H groups in total. The van der Waals surface area contributed by atoms with Crippen molar-refractivity contribution in [1.29, 1.82) is 0 Å². The number of carbonyl (C=O) groups excluding carboxylic acids is 1. The summed E-state index contributed by atoms with van der Waals surface area (Å²) in [5, 5.41) is 6.56. The Morgan fingerprint density at radius 2 is 2.50 bits per heavy atom. The van der Waals surface area contributed by atoms with Crippen molar-refractivity contribution in [3.8, 4) is 0 Å². The minimum atomic E-state index is -0.425. The van der Waals surface area contributed by atoms with E-state index in [0.717, 1.165) is 37.5 Å². The minimum Gasteiger partial charge on any atom is -0.369 e. The quantitative estimate of drug-likeness (QED) is 0.723. The van der Waals surface area contributed by atoms with Crippen molar-refractivity contribution in [2.75, 3.05) is 25.0 Å². The van der Waals surface area contributed by atoms with Crippen LogP contribution in [-0.4, -0.2) is 30.5 Å². The molecule has 18 heavy (non-hydrogen) atoms. The van der Waals surface area contributed by atoms with Gasteiger partial charge in [-0.15, -0.1) is 0 Å². The van der Waals surface area contributed by atoms with Crippen LogP contribution in [0.3, 0.4) is 0 Å². The molecule has 0 saturated carbocycles. The molecular weight excluding hydrogens is 228 g/mol. The average Bonchev–Trinajstić information content (AvgIpc) is 2.81. The fourth-order valence-electron chi connectivity index (χ4n) is 2.36. The summed E-state index contributed by atoms with van der Waals surface area (Å²) in [6, 6.07) is 1.80. The van der Waals surface area contributed by atoms with Gasteiger partial charge >= 0.3 is 0 Å². The normalized spacial score (nSPS) is 18.8. The number of carbonyl (C=O) groups is 1. The van der Waals surface area contributed by atoms with Crippen LogP contribution in [-0.2, 0) is 0 Å². The van der Waals surface area contributed by atoms with Gasteiger partial charge < -0.3 is 16.4 Å². The first-order valence-electron chi connectivity index (χ1n) is 6.38. The topological polar surface area (TPSA) is 80.0 Å². The second-order valence-corrected chi connectivity index (χ2v) is 4.79. The predicted molar refractivity (Wildman–Crippen MR) is 71.6 cm³/mol. The first kappa shape index (κ1) is 12.8. The lowest BCUT2D eigenvalue weighted by atomic mass is 10.1. The molecule has 0 bridgehead atoms. The second kappa shape index (κ2) is 5.82. The largest absolute Gasteiger partial charge is 0.369 e. The Hall–Kier alpha value is -1.62. The second-order valence-electron chi connectivity index (χ2n) is 4.79. The van der Waals surface area contributed by atoms with Crippen molar-refractivity contribution in [3.05, 3.63) is 23.4 Å². The van der Waals surface area contributed by atoms with E-state index in [4.69, 9.17) is 5.73 Å². The number of aromatic nitrogens is 1. The standard InChI is InChI=1S/C13H20N4O/c1-9-2-6-16-13(11(9)12(14)18)17-7-4-10-3-5-15-8-10/h2,6,10,15H,3-5,7-8H2,1H3,(H2,14,18)(H,16,17). The number of primary amides is 1. The van der Waals surface area contributed by atoms with Crippen LogP contribution >= 0.6 is 0 Å². The molecule has 0 spiro atoms. The Kier molecular flexibility index (Phi) is 4.15. The summed E-state index contributed by atoms with van der Waals surface area (Å²) >= 11 is 0. The molecule has 1 amide bonds. The molecule has 0 aliphatic carbocycles. The van der Waals surface area contributed by atoms with Gasteiger partial charge in [-0.3, -0.25) is 4.79 Å². The van der Waals surface area contributed by atoms with Gasteiger partial charge in [0.05, 0.1) is 5.56 Å². The van der Waals surface area contributed by atoms with Gasteiger partial charge in [0.2, 0.25) is 0 Å². The summed E-state index contributed by atoms with van der Waals surface area (Å²) in [5.74, 6) is 0.901. The maximum absolute atomic E-state index is 11.4. The first-order valence-corrected chi connectivity index (χ1v) is 6.38. The van der Waals surface area contributed by atoms with Crippen LogP contribution in [0.25, 0.3) is 0 Å². The number of rotatable bonds is 5. The molecule has 1 aliphatic heterocycles. The number of hydrogen-bond acceptors (Lipinski definition) is 4. The molecule has 5 heteroatoms. The fourth-order valence-corrected chi connectivity index (χ4v) is 2.36. The third-order valence-electron chi connectivity index (χ3n) is 3.41. The molecule has 1 unspecified atom stereocenters. The summed E-state index contributed by atoms with van der Waals surface area (Å²) in [6.45, 7) is 4.89. The number of pyridine rings is 1. The van der Waals surface area contributed by atoms with Crippen molar-refractivity contribution in [2.45, 2.75) is 19.8 Å². The molecule has 5 nitrogen and oxygen atoms in total. The Bertz CT molecular complexity index is 427. The van der Waals surface area contributed by atoms with Crippen molar-refractivity contribution in [1.82, 2.24) is 10.3 Å². The van der Waals surface area contributed by atoms with E-state index >= 15 is 0 Å². The zero-order valence-corrected chi connectivity index (χ0v) is 10.7. The van der Waals surface area contributed by atoms with Gasteiger partial charge in [-0.05, 0) is 50.4 Å². The van der Waals surface area contributed by atoms with E-state index in [1.165, 1.54) is 6.42 Å². The third-order valence-corrected chi connectivity index (χ3v) is 3.41. The van der Waals surface area contributed by atoms with Gasteiger partial charge in [0.1, 0.15) is 5.82 Å². The molecule has 1 aliphatic rings. The lowest BCUT2D eigenvalue weighted by Crippen LogP contribution is -2.19. The van der Waals surface area contributed by atoms with Crippen LogP contribution in [0.15, 0.2) is 12.3 Å². The molecule has 0 aromatic carbocycles. The highest BCUT2D eigenvalue weighted by atomic mass is 16.1. The van der Waals surface area contributed by atoms with Crippen LogP contribution in [0.2, 0.25) is 0 Å². The molecule has 1 aromatic rings. The maximum atomic E-state index is 11.4. The monoisotopic (exact) mass is 248 g/mol. The summed E-state index contributed by atoms with van der Waals surface area (Å²) in [4.78, 5) is 15.6. The number of anilines is 1. The predicted octanol–water partition coefficient (Wildman–Crippen LogP) is 0.900. The highest BCUT2D eigenvalue weighted by Gasteiger charge is 2.15. The average molecular weight is 248 g/mol. The zero-order chi connectivity index (χ0) is 13.0. The zero-order valence-electron chi connectivity index (χ0n) is 10.7. The smallest absolute Gasteiger partial charge is 0.252 e. The lowest BCUT2D eigenvalue weighted by molar-refractivity contribution is 0.1000. The molecule has 1 aromatic heterocycles. The highest BCUT2D eigenvalue weighted by Crippen LogP contribution is 2.17. The van der Waals surface area contributed by atoms with Crippen LogP contribution in [0, 0.1) is 12.8 Å². The summed E-state index contributed by atoms with van der Waals surface area (Å²) in [6.07, 6.45) is 4.01. The molecule has 1 fully saturated rings. The van der Waals surface area contributed by atoms with Gasteiger partial charge in [0, 0.05) is 12.7 Å². The van der Waals surface area contributed by atoms with E-state index in [-0.39, 0.29) is 0 Å². The van der Waals surface area contributed by atoms with E-state index in [1.807, 2.05) is 6.92 Å². The van der Waals surface area contributed by atoms with Gasteiger partial charge in [0.15, 0.2) is 0 Å². The van der Waals surface area contributed by atoms with Crippen molar-refractivity contribution >= 4 is 11.7 Å². The van der Waals surface area contributed by atoms with E-state index in [9.17, 15) is 4.79 Å². The third kappa shape index (κ3) is 2.98. The number of aryl methyl sites for hydroxylation is 1. The summed E-state index contributed by atoms with van der Waals surface area (Å²) in [7, 11) is 0. The first-order chi connectivity index (χ1) is 8.68. The molecule has 1 atom stereocenters. The Balaban J connectivity index is 1.96. The van der Waals surface area contributed by atoms with Gasteiger partial charge in [-0.25, -0.2) is 4.98 Å². The number of hydrogen-bond donors (Lipinski definition) is 3. The van der Waals surface area contributed by atoms with Crippen LogP contribution in [0.1, 0.15) is 28.8 Å². The highest BCUT2D eigenvalue weighted by molar-refractivity contribution is 5.98. The molecule has 2 rings (SSSR count). The maximum Gasteiger partial charge on any atom is 0.252 e. The Labute approximate surface area is 107 Å². The number of nitrogens with zero attached hydrogens (tertiary/aromatic N) is 1. The van der Waals surface area contributed by atoms with Gasteiger partial charge in [0.25, 0.3) is 5.91 Å². The fraction of sp³-hybridized carbons (Fsp3) is 0.538. The lowest BCUT2D eigenvalue weighted by Gasteiger charge is -2.12. The Morgan fingerprint density at radius 3 is 3.17 bits per heavy atom. The van der Waals surface area contributed by atoms with E-state index in [1.54, 1.807) is 12.3 Å². The number of nitrogens with two attached hydrogens (primary N) is 1. The SMILES string of the molecule is Cc1ccnc(NCCC2CCNC2)c1C(N)=O. The van der Waals surface area contributed by atoms with Crippen molar-refractivity contribution in [2.24, 2.45) is 11.7 Å². The van der Waals surface area contributed by atoms with Crippen LogP contribution in [0.4, 0.5) is 5.82 Å². The molecule has 1 saturated heterocycles. The van der Waals surface area contributed by atoms with E-state index in [2.05, 4.69) is 15.6 Å². The van der Waals surface area contributed by atoms with Crippen LogP contribution in [0.5, 0.6) is 0 Å². The minimum absolute atomic E-state index is 0.425. The number of amides is 1. The van der Waals surface area contributed by atoms with Gasteiger partial charge in [-0.2, -0.15) is 0 Å². The van der Waals surface area contributed by atoms with Crippen molar-refractivity contribution < 1.29 is 4.79 Å². The summed E-state index contributed by atoms with van der Waals surface area (Å²) in [5.41, 5.74) is 6.75. The molecular formula is C13H20N4O. The van der Waals surface area contributed by atoms with Crippen molar-refractivity contribution in [3.63, 3.8) is 0 Å². The molecule has 0 radical (unpaired) electrons.